The summed E-state index contributed by atoms with van der Waals surface area (Å²) in [5, 5.41) is -1.99. The molecule has 0 spiro atoms. The van der Waals surface area contributed by atoms with Crippen LogP contribution in [0.5, 0.6) is 0 Å². The molecule has 3 nitrogen and oxygen atoms in total. The summed E-state index contributed by atoms with van der Waals surface area (Å²) in [6, 6.07) is 9.42. The average molecular weight is 410 g/mol. The Morgan fingerprint density at radius 3 is 1.96 bits per heavy atom. The lowest BCUT2D eigenvalue weighted by Gasteiger charge is -1.91. The van der Waals surface area contributed by atoms with Crippen LogP contribution < -0.4 is 0 Å². The number of carbonyl (C=O) groups is 3. The molecule has 0 bridgehead atoms. The van der Waals surface area contributed by atoms with Crippen molar-refractivity contribution in [2.24, 2.45) is 0 Å². The van der Waals surface area contributed by atoms with Crippen LogP contribution in [0, 0.1) is 0 Å². The molecule has 0 saturated heterocycles. The van der Waals surface area contributed by atoms with Crippen LogP contribution in [0.4, 0.5) is 0 Å². The highest BCUT2D eigenvalue weighted by Gasteiger charge is 2.11. The van der Waals surface area contributed by atoms with E-state index in [1.165, 1.54) is 6.08 Å². The number of halogens is 4. The Labute approximate surface area is 161 Å². The summed E-state index contributed by atoms with van der Waals surface area (Å²) < 4.78 is 0. The number of hydrogen-bond acceptors (Lipinski definition) is 3. The van der Waals surface area contributed by atoms with E-state index in [-0.39, 0.29) is 10.8 Å². The van der Waals surface area contributed by atoms with Gasteiger partial charge in [-0.3, -0.25) is 14.4 Å². The molecule has 0 unspecified atom stereocenters. The third kappa shape index (κ3) is 12.3. The lowest BCUT2D eigenvalue weighted by Crippen LogP contribution is -2.00. The van der Waals surface area contributed by atoms with Crippen molar-refractivity contribution < 1.29 is 14.4 Å². The normalized spacial score (nSPS) is 9.83. The molecular weight excluding hydrogens is 394 g/mol. The zero-order valence-corrected chi connectivity index (χ0v) is 15.7. The maximum absolute atomic E-state index is 10.8. The second-order valence-corrected chi connectivity index (χ2v) is 5.88. The molecule has 0 amide bonds. The molecule has 0 radical (unpaired) electrons. The number of hydrogen-bond donors (Lipinski definition) is 0. The number of alkyl halides is 1. The number of benzene rings is 1. The topological polar surface area (TPSA) is 51.2 Å². The zero-order valence-electron chi connectivity index (χ0n) is 12.7. The first-order valence-corrected chi connectivity index (χ1v) is 8.62. The number of allylic oxidation sites excluding steroid dienone is 3. The molecule has 0 aromatic heterocycles. The molecule has 0 saturated carbocycles. The molecule has 0 heterocycles. The van der Waals surface area contributed by atoms with Crippen molar-refractivity contribution in [3.05, 3.63) is 53.6 Å². The number of unbranched alkanes of at least 4 members (excludes halogenated alkanes) is 1. The Bertz CT molecular complexity index is 579. The van der Waals surface area contributed by atoms with Gasteiger partial charge in [-0.2, -0.15) is 0 Å². The van der Waals surface area contributed by atoms with Crippen molar-refractivity contribution in [2.75, 3.05) is 5.88 Å². The fourth-order valence-electron chi connectivity index (χ4n) is 1.39. The number of carbonyl (C=O) groups excluding carboxylic acids is 3. The molecule has 24 heavy (non-hydrogen) atoms. The van der Waals surface area contributed by atoms with Crippen LogP contribution >= 0.6 is 46.4 Å². The molecule has 1 rings (SSSR count). The van der Waals surface area contributed by atoms with Gasteiger partial charge in [-0.05, 0) is 59.3 Å². The van der Waals surface area contributed by atoms with Crippen LogP contribution in [-0.4, -0.2) is 21.6 Å². The maximum atomic E-state index is 10.8. The summed E-state index contributed by atoms with van der Waals surface area (Å²) in [6.45, 7) is 0. The Balaban J connectivity index is 0.000000561. The van der Waals surface area contributed by atoms with Gasteiger partial charge in [-0.1, -0.05) is 42.5 Å². The van der Waals surface area contributed by atoms with Gasteiger partial charge in [-0.25, -0.2) is 0 Å². The maximum Gasteiger partial charge on any atom is 0.257 e. The van der Waals surface area contributed by atoms with Crippen molar-refractivity contribution in [1.29, 1.82) is 0 Å². The molecule has 0 fully saturated rings. The van der Waals surface area contributed by atoms with Crippen LogP contribution in [0.15, 0.2) is 48.1 Å². The van der Waals surface area contributed by atoms with Gasteiger partial charge in [0.15, 0.2) is 0 Å². The van der Waals surface area contributed by atoms with E-state index in [0.717, 1.165) is 18.4 Å². The summed E-state index contributed by atoms with van der Waals surface area (Å²) in [4.78, 5) is 31.6. The van der Waals surface area contributed by atoms with Crippen molar-refractivity contribution in [1.82, 2.24) is 0 Å². The van der Waals surface area contributed by atoms with E-state index in [2.05, 4.69) is 0 Å². The van der Waals surface area contributed by atoms with E-state index in [0.29, 0.717) is 12.3 Å². The van der Waals surface area contributed by atoms with Gasteiger partial charge in [-0.15, -0.1) is 11.6 Å². The molecule has 0 aliphatic carbocycles. The Hall–Kier alpha value is -1.13. The minimum Gasteiger partial charge on any atom is -0.281 e. The van der Waals surface area contributed by atoms with Crippen molar-refractivity contribution in [2.45, 2.75) is 19.3 Å². The molecule has 130 valence electrons. The summed E-state index contributed by atoms with van der Waals surface area (Å²) in [7, 11) is 0. The largest absolute Gasteiger partial charge is 0.281 e. The first-order chi connectivity index (χ1) is 11.4. The van der Waals surface area contributed by atoms with Crippen molar-refractivity contribution in [3.8, 4) is 0 Å². The monoisotopic (exact) mass is 408 g/mol. The molecular formula is C17H16Cl4O3. The van der Waals surface area contributed by atoms with E-state index in [1.54, 1.807) is 12.2 Å². The molecule has 1 aromatic rings. The average Bonchev–Trinajstić information content (AvgIpc) is 2.52. The molecule has 0 aliphatic heterocycles. The molecule has 0 atom stereocenters. The molecule has 7 heteroatoms. The van der Waals surface area contributed by atoms with Crippen molar-refractivity contribution in [3.63, 3.8) is 0 Å². The van der Waals surface area contributed by atoms with Crippen LogP contribution in [0.3, 0.4) is 0 Å². The summed E-state index contributed by atoms with van der Waals surface area (Å²) in [5.41, 5.74) is 0.706. The van der Waals surface area contributed by atoms with Crippen LogP contribution in [0.1, 0.15) is 24.8 Å². The second kappa shape index (κ2) is 14.2. The standard InChI is InChI=1S/C12H8Cl2O2.C5H8Cl2O/c13-11(15)10(12(14)16)8-4-7-9-5-2-1-3-6-9;6-4-2-1-3-5(7)8/h1-8H;1-4H2. The first-order valence-electron chi connectivity index (χ1n) is 6.95. The second-order valence-electron chi connectivity index (χ2n) is 4.40. The molecule has 1 aromatic carbocycles. The van der Waals surface area contributed by atoms with Gasteiger partial charge in [0.1, 0.15) is 0 Å². The van der Waals surface area contributed by atoms with Gasteiger partial charge in [0.2, 0.25) is 5.24 Å². The summed E-state index contributed by atoms with van der Waals surface area (Å²) >= 11 is 20.7. The van der Waals surface area contributed by atoms with E-state index < -0.39 is 10.5 Å². The van der Waals surface area contributed by atoms with Gasteiger partial charge >= 0.3 is 0 Å². The highest BCUT2D eigenvalue weighted by molar-refractivity contribution is 6.79. The third-order valence-corrected chi connectivity index (χ3v) is 3.40. The molecule has 0 aliphatic rings. The summed E-state index contributed by atoms with van der Waals surface area (Å²) in [5.74, 6) is 0.615. The predicted octanol–water partition coefficient (Wildman–Crippen LogP) is 5.32. The van der Waals surface area contributed by atoms with Crippen LogP contribution in [-0.2, 0) is 14.4 Å². The van der Waals surface area contributed by atoms with E-state index in [1.807, 2.05) is 30.3 Å². The quantitative estimate of drug-likeness (QED) is 0.111. The Morgan fingerprint density at radius 1 is 0.917 bits per heavy atom. The fraction of sp³-hybridized carbons (Fsp3) is 0.235. The lowest BCUT2D eigenvalue weighted by molar-refractivity contribution is -0.114. The fourth-order valence-corrected chi connectivity index (χ4v) is 2.05. The lowest BCUT2D eigenvalue weighted by atomic mass is 10.2. The Kier molecular flexibility index (Phi) is 13.6. The van der Waals surface area contributed by atoms with Gasteiger partial charge in [0, 0.05) is 12.3 Å². The Morgan fingerprint density at radius 2 is 1.50 bits per heavy atom. The highest BCUT2D eigenvalue weighted by Crippen LogP contribution is 2.07. The minimum absolute atomic E-state index is 0.240. The van der Waals surface area contributed by atoms with Crippen LogP contribution in [0.2, 0.25) is 0 Å². The van der Waals surface area contributed by atoms with E-state index in [4.69, 9.17) is 46.4 Å². The van der Waals surface area contributed by atoms with Gasteiger partial charge in [0.25, 0.3) is 10.5 Å². The van der Waals surface area contributed by atoms with Gasteiger partial charge in [0.05, 0.1) is 5.57 Å². The first kappa shape index (κ1) is 22.9. The van der Waals surface area contributed by atoms with Gasteiger partial charge < -0.3 is 0 Å². The van der Waals surface area contributed by atoms with Crippen LogP contribution in [0.25, 0.3) is 6.08 Å². The minimum atomic E-state index is -0.863. The smallest absolute Gasteiger partial charge is 0.257 e. The van der Waals surface area contributed by atoms with E-state index >= 15 is 0 Å². The predicted molar refractivity (Wildman–Crippen MR) is 101 cm³/mol. The highest BCUT2D eigenvalue weighted by atomic mass is 35.5. The zero-order chi connectivity index (χ0) is 18.4. The van der Waals surface area contributed by atoms with E-state index in [9.17, 15) is 14.4 Å². The SMILES string of the molecule is O=C(Cl)C(=CC=Cc1ccccc1)C(=O)Cl.O=C(Cl)CCCCCl. The summed E-state index contributed by atoms with van der Waals surface area (Å²) in [6.07, 6.45) is 6.71. The third-order valence-electron chi connectivity index (χ3n) is 2.53. The molecule has 0 N–H and O–H groups in total. The number of rotatable bonds is 8. The van der Waals surface area contributed by atoms with Crippen molar-refractivity contribution >= 4 is 68.2 Å².